The Kier molecular flexibility index (Phi) is 4.26. The van der Waals surface area contributed by atoms with Gasteiger partial charge < -0.3 is 10.5 Å². The third-order valence-corrected chi connectivity index (χ3v) is 3.40. The van der Waals surface area contributed by atoms with Gasteiger partial charge in [-0.25, -0.2) is 0 Å². The number of anilines is 1. The van der Waals surface area contributed by atoms with Crippen LogP contribution in [0.5, 0.6) is 0 Å². The largest absolute Gasteiger partial charge is 0.469 e. The number of carbonyl (C=O) groups excluding carboxylic acids is 1. The molecule has 0 saturated carbocycles. The number of nitrogens with two attached hydrogens (primary N) is 1. The molecule has 1 aromatic carbocycles. The van der Waals surface area contributed by atoms with Gasteiger partial charge in [0.15, 0.2) is 0 Å². The van der Waals surface area contributed by atoms with Crippen molar-refractivity contribution >= 4 is 11.7 Å². The van der Waals surface area contributed by atoms with Gasteiger partial charge in [0, 0.05) is 18.0 Å². The van der Waals surface area contributed by atoms with E-state index in [-0.39, 0.29) is 5.97 Å². The van der Waals surface area contributed by atoms with E-state index in [1.54, 1.807) is 12.4 Å². The number of nitrogen functional groups attached to an aromatic ring is 1. The highest BCUT2D eigenvalue weighted by Gasteiger charge is 2.28. The van der Waals surface area contributed by atoms with Crippen molar-refractivity contribution in [3.8, 4) is 11.1 Å². The monoisotopic (exact) mass is 284 g/mol. The Labute approximate surface area is 125 Å². The second-order valence-corrected chi connectivity index (χ2v) is 5.76. The lowest BCUT2D eigenvalue weighted by atomic mass is 9.85. The maximum atomic E-state index is 11.8. The Morgan fingerprint density at radius 3 is 2.67 bits per heavy atom. The highest BCUT2D eigenvalue weighted by Crippen LogP contribution is 2.27. The van der Waals surface area contributed by atoms with Gasteiger partial charge in [0.25, 0.3) is 0 Å². The predicted octanol–water partition coefficient (Wildman–Crippen LogP) is 3.07. The molecule has 0 aliphatic heterocycles. The molecule has 110 valence electrons. The molecule has 21 heavy (non-hydrogen) atoms. The lowest BCUT2D eigenvalue weighted by molar-refractivity contribution is -0.150. The summed E-state index contributed by atoms with van der Waals surface area (Å²) in [6, 6.07) is 9.93. The SMILES string of the molecule is COC(=O)C(C)(C)Cc1cccc(-c2cncc(N)c2)c1. The Morgan fingerprint density at radius 2 is 2.00 bits per heavy atom. The number of carbonyl (C=O) groups is 1. The lowest BCUT2D eigenvalue weighted by Crippen LogP contribution is -2.27. The van der Waals surface area contributed by atoms with Gasteiger partial charge in [0.2, 0.25) is 0 Å². The average molecular weight is 284 g/mol. The minimum Gasteiger partial charge on any atom is -0.469 e. The first kappa shape index (κ1) is 15.0. The van der Waals surface area contributed by atoms with Crippen LogP contribution in [0.15, 0.2) is 42.7 Å². The summed E-state index contributed by atoms with van der Waals surface area (Å²) < 4.78 is 4.85. The normalized spacial score (nSPS) is 11.2. The zero-order chi connectivity index (χ0) is 15.5. The van der Waals surface area contributed by atoms with Crippen molar-refractivity contribution in [2.75, 3.05) is 12.8 Å². The second-order valence-electron chi connectivity index (χ2n) is 5.76. The summed E-state index contributed by atoms with van der Waals surface area (Å²) in [6.07, 6.45) is 4.01. The van der Waals surface area contributed by atoms with Gasteiger partial charge in [-0.1, -0.05) is 24.3 Å². The third kappa shape index (κ3) is 3.60. The maximum Gasteiger partial charge on any atom is 0.311 e. The summed E-state index contributed by atoms with van der Waals surface area (Å²) in [4.78, 5) is 15.9. The van der Waals surface area contributed by atoms with Gasteiger partial charge in [-0.3, -0.25) is 9.78 Å². The molecule has 0 saturated heterocycles. The number of hydrogen-bond donors (Lipinski definition) is 1. The predicted molar refractivity (Wildman–Crippen MR) is 83.6 cm³/mol. The van der Waals surface area contributed by atoms with E-state index in [1.165, 1.54) is 7.11 Å². The molecule has 0 unspecified atom stereocenters. The number of ether oxygens (including phenoxy) is 1. The number of pyridine rings is 1. The van der Waals surface area contributed by atoms with Crippen LogP contribution >= 0.6 is 0 Å². The number of esters is 1. The summed E-state index contributed by atoms with van der Waals surface area (Å²) >= 11 is 0. The fourth-order valence-corrected chi connectivity index (χ4v) is 2.34. The summed E-state index contributed by atoms with van der Waals surface area (Å²) in [6.45, 7) is 3.77. The number of methoxy groups -OCH3 is 1. The van der Waals surface area contributed by atoms with Crippen molar-refractivity contribution in [3.05, 3.63) is 48.3 Å². The molecular formula is C17H20N2O2. The van der Waals surface area contributed by atoms with E-state index in [9.17, 15) is 4.79 Å². The van der Waals surface area contributed by atoms with Gasteiger partial charge in [-0.15, -0.1) is 0 Å². The van der Waals surface area contributed by atoms with Crippen LogP contribution in [0.3, 0.4) is 0 Å². The summed E-state index contributed by atoms with van der Waals surface area (Å²) in [5, 5.41) is 0. The molecule has 2 N–H and O–H groups in total. The molecule has 1 heterocycles. The zero-order valence-corrected chi connectivity index (χ0v) is 12.6. The van der Waals surface area contributed by atoms with E-state index >= 15 is 0 Å². The van der Waals surface area contributed by atoms with E-state index in [0.717, 1.165) is 16.7 Å². The van der Waals surface area contributed by atoms with Crippen LogP contribution in [-0.4, -0.2) is 18.1 Å². The van der Waals surface area contributed by atoms with Crippen LogP contribution in [-0.2, 0) is 16.0 Å². The fraction of sp³-hybridized carbons (Fsp3) is 0.294. The van der Waals surface area contributed by atoms with Crippen molar-refractivity contribution in [1.82, 2.24) is 4.98 Å². The van der Waals surface area contributed by atoms with Crippen LogP contribution in [0.25, 0.3) is 11.1 Å². The number of rotatable bonds is 4. The number of hydrogen-bond acceptors (Lipinski definition) is 4. The summed E-state index contributed by atoms with van der Waals surface area (Å²) in [7, 11) is 1.42. The maximum absolute atomic E-state index is 11.8. The Hall–Kier alpha value is -2.36. The molecule has 0 aliphatic rings. The molecule has 0 amide bonds. The molecule has 1 aromatic heterocycles. The van der Waals surface area contributed by atoms with Crippen molar-refractivity contribution < 1.29 is 9.53 Å². The van der Waals surface area contributed by atoms with E-state index in [4.69, 9.17) is 10.5 Å². The first-order valence-corrected chi connectivity index (χ1v) is 6.80. The van der Waals surface area contributed by atoms with Gasteiger partial charge in [-0.2, -0.15) is 0 Å². The highest BCUT2D eigenvalue weighted by atomic mass is 16.5. The molecule has 2 rings (SSSR count). The number of nitrogens with zero attached hydrogens (tertiary/aromatic N) is 1. The molecule has 2 aromatic rings. The van der Waals surface area contributed by atoms with Gasteiger partial charge in [0.1, 0.15) is 0 Å². The van der Waals surface area contributed by atoms with Gasteiger partial charge in [0.05, 0.1) is 18.2 Å². The van der Waals surface area contributed by atoms with Crippen molar-refractivity contribution in [3.63, 3.8) is 0 Å². The van der Waals surface area contributed by atoms with Crippen LogP contribution < -0.4 is 5.73 Å². The minimum absolute atomic E-state index is 0.210. The lowest BCUT2D eigenvalue weighted by Gasteiger charge is -2.21. The minimum atomic E-state index is -0.554. The first-order valence-electron chi connectivity index (χ1n) is 6.80. The van der Waals surface area contributed by atoms with Crippen LogP contribution in [0.2, 0.25) is 0 Å². The molecule has 4 heteroatoms. The van der Waals surface area contributed by atoms with Gasteiger partial charge >= 0.3 is 5.97 Å². The number of benzene rings is 1. The molecule has 4 nitrogen and oxygen atoms in total. The molecule has 0 fully saturated rings. The molecule has 0 aliphatic carbocycles. The summed E-state index contributed by atoms with van der Waals surface area (Å²) in [5.41, 5.74) is 8.92. The third-order valence-electron chi connectivity index (χ3n) is 3.40. The Bertz CT molecular complexity index is 651. The van der Waals surface area contributed by atoms with Crippen LogP contribution in [0, 0.1) is 5.41 Å². The standard InChI is InChI=1S/C17H20N2O2/c1-17(2,16(20)21-3)9-12-5-4-6-13(7-12)14-8-15(18)11-19-10-14/h4-8,10-11H,9,18H2,1-3H3. The van der Waals surface area contributed by atoms with Crippen molar-refractivity contribution in [2.24, 2.45) is 5.41 Å². The second kappa shape index (κ2) is 5.95. The first-order chi connectivity index (χ1) is 9.92. The van der Waals surface area contributed by atoms with E-state index in [0.29, 0.717) is 12.1 Å². The van der Waals surface area contributed by atoms with Crippen molar-refractivity contribution in [1.29, 1.82) is 0 Å². The smallest absolute Gasteiger partial charge is 0.311 e. The highest BCUT2D eigenvalue weighted by molar-refractivity contribution is 5.76. The molecule has 0 radical (unpaired) electrons. The van der Waals surface area contributed by atoms with E-state index < -0.39 is 5.41 Å². The summed E-state index contributed by atoms with van der Waals surface area (Å²) in [5.74, 6) is -0.210. The van der Waals surface area contributed by atoms with E-state index in [1.807, 2.05) is 38.1 Å². The Balaban J connectivity index is 2.28. The molecule has 0 atom stereocenters. The van der Waals surface area contributed by atoms with Crippen LogP contribution in [0.4, 0.5) is 5.69 Å². The van der Waals surface area contributed by atoms with Crippen molar-refractivity contribution in [2.45, 2.75) is 20.3 Å². The average Bonchev–Trinajstić information content (AvgIpc) is 2.46. The molecular weight excluding hydrogens is 264 g/mol. The number of aromatic nitrogens is 1. The molecule has 0 spiro atoms. The topological polar surface area (TPSA) is 65.2 Å². The van der Waals surface area contributed by atoms with Crippen LogP contribution in [0.1, 0.15) is 19.4 Å². The Morgan fingerprint density at radius 1 is 1.24 bits per heavy atom. The molecule has 0 bridgehead atoms. The zero-order valence-electron chi connectivity index (χ0n) is 12.6. The van der Waals surface area contributed by atoms with Gasteiger partial charge in [-0.05, 0) is 37.5 Å². The van der Waals surface area contributed by atoms with E-state index in [2.05, 4.69) is 11.1 Å². The fourth-order valence-electron chi connectivity index (χ4n) is 2.34. The quantitative estimate of drug-likeness (QED) is 0.876.